The third-order valence-electron chi connectivity index (χ3n) is 4.53. The van der Waals surface area contributed by atoms with Gasteiger partial charge in [-0.05, 0) is 31.2 Å². The molecule has 1 aliphatic heterocycles. The molecule has 0 saturated carbocycles. The first-order valence-electron chi connectivity index (χ1n) is 7.52. The second-order valence-electron chi connectivity index (χ2n) is 5.82. The number of hydroxylamine groups is 3. The van der Waals surface area contributed by atoms with E-state index in [1.165, 1.54) is 0 Å². The summed E-state index contributed by atoms with van der Waals surface area (Å²) in [5.41, 5.74) is 0.886. The zero-order chi connectivity index (χ0) is 16.6. The summed E-state index contributed by atoms with van der Waals surface area (Å²) in [5, 5.41) is 24.8. The van der Waals surface area contributed by atoms with E-state index in [9.17, 15) is 10.4 Å². The van der Waals surface area contributed by atoms with E-state index in [0.29, 0.717) is 5.71 Å². The van der Waals surface area contributed by atoms with Crippen LogP contribution in [0.4, 0.5) is 0 Å². The highest BCUT2D eigenvalue weighted by Crippen LogP contribution is 2.36. The van der Waals surface area contributed by atoms with Gasteiger partial charge in [0.2, 0.25) is 5.71 Å². The highest BCUT2D eigenvalue weighted by atomic mass is 16.6. The first-order valence-corrected chi connectivity index (χ1v) is 7.52. The molecule has 0 aromatic heterocycles. The topological polar surface area (TPSA) is 58.8 Å². The normalized spacial score (nSPS) is 25.0. The minimum Gasteiger partial charge on any atom is -0.622 e. The minimum absolute atomic E-state index is 0.425. The van der Waals surface area contributed by atoms with Crippen molar-refractivity contribution >= 4 is 5.71 Å². The van der Waals surface area contributed by atoms with Crippen LogP contribution in [0, 0.1) is 5.21 Å². The number of methoxy groups -OCH3 is 1. The molecule has 1 aliphatic rings. The summed E-state index contributed by atoms with van der Waals surface area (Å²) in [6.07, 6.45) is 0. The molecule has 1 heterocycles. The molecule has 5 heteroatoms. The summed E-state index contributed by atoms with van der Waals surface area (Å²) in [6, 6.07) is 16.2. The lowest BCUT2D eigenvalue weighted by Crippen LogP contribution is -2.45. The quantitative estimate of drug-likeness (QED) is 0.699. The number of hydrogen-bond acceptors (Lipinski definition) is 4. The molecule has 0 amide bonds. The first kappa shape index (κ1) is 15.5. The number of nitrogens with zero attached hydrogens (tertiary/aromatic N) is 2. The van der Waals surface area contributed by atoms with Crippen LogP contribution in [-0.2, 0) is 5.66 Å². The van der Waals surface area contributed by atoms with Crippen molar-refractivity contribution < 1.29 is 14.7 Å². The van der Waals surface area contributed by atoms with Gasteiger partial charge in [0.15, 0.2) is 0 Å². The number of benzene rings is 2. The predicted molar refractivity (Wildman–Crippen MR) is 87.6 cm³/mol. The molecule has 0 unspecified atom stereocenters. The Morgan fingerprint density at radius 3 is 2.30 bits per heavy atom. The van der Waals surface area contributed by atoms with Gasteiger partial charge in [-0.3, -0.25) is 0 Å². The molecular weight excluding hydrogens is 292 g/mol. The van der Waals surface area contributed by atoms with Crippen molar-refractivity contribution in [3.63, 3.8) is 0 Å². The Balaban J connectivity index is 2.12. The van der Waals surface area contributed by atoms with E-state index in [1.807, 2.05) is 61.5 Å². The average molecular weight is 312 g/mol. The Morgan fingerprint density at radius 2 is 1.74 bits per heavy atom. The predicted octanol–water partition coefficient (Wildman–Crippen LogP) is 2.96. The molecule has 2 atom stereocenters. The molecule has 120 valence electrons. The maximum absolute atomic E-state index is 13.1. The van der Waals surface area contributed by atoms with E-state index in [1.54, 1.807) is 14.0 Å². The maximum atomic E-state index is 13.1. The zero-order valence-electron chi connectivity index (χ0n) is 13.4. The summed E-state index contributed by atoms with van der Waals surface area (Å²) >= 11 is 0. The molecule has 5 nitrogen and oxygen atoms in total. The van der Waals surface area contributed by atoms with Gasteiger partial charge in [0, 0.05) is 18.1 Å². The second kappa shape index (κ2) is 5.68. The number of rotatable bonds is 3. The fourth-order valence-electron chi connectivity index (χ4n) is 3.11. The standard InChI is InChI=1S/C18H20N2O3/c1-13-17(14-9-11-16(23-3)12-10-14)20(22)18(2,19(13)21)15-7-5-4-6-8-15/h4-13,21H,1-3H3/t13-,18-/m0/s1. The van der Waals surface area contributed by atoms with Crippen LogP contribution < -0.4 is 4.74 Å². The van der Waals surface area contributed by atoms with Crippen molar-refractivity contribution in [3.8, 4) is 5.75 Å². The SMILES string of the molecule is COc1ccc(C2=[N+]([O-])[C@@](C)(c3ccccc3)N(O)[C@H]2C)cc1. The molecule has 2 aromatic rings. The lowest BCUT2D eigenvalue weighted by Gasteiger charge is -2.29. The molecule has 0 aliphatic carbocycles. The smallest absolute Gasteiger partial charge is 0.274 e. The van der Waals surface area contributed by atoms with Gasteiger partial charge >= 0.3 is 0 Å². The van der Waals surface area contributed by atoms with Gasteiger partial charge in [0.05, 0.1) is 7.11 Å². The molecule has 0 fully saturated rings. The lowest BCUT2D eigenvalue weighted by atomic mass is 10.0. The van der Waals surface area contributed by atoms with E-state index in [4.69, 9.17) is 4.74 Å². The van der Waals surface area contributed by atoms with Crippen LogP contribution in [0.2, 0.25) is 0 Å². The van der Waals surface area contributed by atoms with Crippen molar-refractivity contribution in [3.05, 3.63) is 70.9 Å². The maximum Gasteiger partial charge on any atom is 0.274 e. The monoisotopic (exact) mass is 312 g/mol. The van der Waals surface area contributed by atoms with Crippen LogP contribution in [0.15, 0.2) is 54.6 Å². The van der Waals surface area contributed by atoms with Crippen molar-refractivity contribution in [2.45, 2.75) is 25.6 Å². The van der Waals surface area contributed by atoms with Gasteiger partial charge in [0.25, 0.3) is 5.66 Å². The third-order valence-corrected chi connectivity index (χ3v) is 4.53. The summed E-state index contributed by atoms with van der Waals surface area (Å²) in [4.78, 5) is 0. The van der Waals surface area contributed by atoms with E-state index in [2.05, 4.69) is 0 Å². The van der Waals surface area contributed by atoms with Gasteiger partial charge < -0.3 is 15.2 Å². The Morgan fingerprint density at radius 1 is 1.13 bits per heavy atom. The van der Waals surface area contributed by atoms with Crippen LogP contribution in [-0.4, -0.2) is 33.9 Å². The van der Waals surface area contributed by atoms with E-state index >= 15 is 0 Å². The van der Waals surface area contributed by atoms with E-state index in [-0.39, 0.29) is 0 Å². The van der Waals surface area contributed by atoms with Crippen LogP contribution in [0.5, 0.6) is 5.75 Å². The third kappa shape index (κ3) is 2.29. The highest BCUT2D eigenvalue weighted by Gasteiger charge is 2.54. The van der Waals surface area contributed by atoms with Gasteiger partial charge in [-0.15, -0.1) is 5.06 Å². The Labute approximate surface area is 135 Å². The minimum atomic E-state index is -1.16. The van der Waals surface area contributed by atoms with Crippen molar-refractivity contribution in [2.75, 3.05) is 7.11 Å². The lowest BCUT2D eigenvalue weighted by molar-refractivity contribution is -0.595. The number of hydrogen-bond donors (Lipinski definition) is 1. The Kier molecular flexibility index (Phi) is 3.83. The van der Waals surface area contributed by atoms with Gasteiger partial charge in [-0.2, -0.15) is 4.74 Å². The summed E-state index contributed by atoms with van der Waals surface area (Å²) in [7, 11) is 1.60. The fourth-order valence-corrected chi connectivity index (χ4v) is 3.11. The molecule has 3 rings (SSSR count). The zero-order valence-corrected chi connectivity index (χ0v) is 13.4. The van der Waals surface area contributed by atoms with Crippen LogP contribution >= 0.6 is 0 Å². The largest absolute Gasteiger partial charge is 0.622 e. The molecule has 2 aromatic carbocycles. The van der Waals surface area contributed by atoms with Crippen molar-refractivity contribution in [1.82, 2.24) is 5.06 Å². The highest BCUT2D eigenvalue weighted by molar-refractivity contribution is 6.01. The van der Waals surface area contributed by atoms with Crippen LogP contribution in [0.1, 0.15) is 25.0 Å². The average Bonchev–Trinajstić information content (AvgIpc) is 2.77. The van der Waals surface area contributed by atoms with E-state index in [0.717, 1.165) is 26.7 Å². The van der Waals surface area contributed by atoms with Gasteiger partial charge in [-0.25, -0.2) is 0 Å². The molecule has 0 spiro atoms. The van der Waals surface area contributed by atoms with Crippen molar-refractivity contribution in [2.24, 2.45) is 0 Å². The van der Waals surface area contributed by atoms with Crippen LogP contribution in [0.3, 0.4) is 0 Å². The molecular formula is C18H20N2O3. The summed E-state index contributed by atoms with van der Waals surface area (Å²) < 4.78 is 6.05. The second-order valence-corrected chi connectivity index (χ2v) is 5.82. The first-order chi connectivity index (χ1) is 11.0. The molecule has 0 saturated heterocycles. The number of ether oxygens (including phenoxy) is 1. The van der Waals surface area contributed by atoms with Crippen molar-refractivity contribution in [1.29, 1.82) is 0 Å². The fraction of sp³-hybridized carbons (Fsp3) is 0.278. The Bertz CT molecular complexity index is 728. The van der Waals surface area contributed by atoms with Crippen LogP contribution in [0.25, 0.3) is 0 Å². The Hall–Kier alpha value is -2.37. The molecule has 23 heavy (non-hydrogen) atoms. The molecule has 0 radical (unpaired) electrons. The summed E-state index contributed by atoms with van der Waals surface area (Å²) in [6.45, 7) is 3.54. The van der Waals surface area contributed by atoms with E-state index < -0.39 is 11.7 Å². The summed E-state index contributed by atoms with van der Waals surface area (Å²) in [5.74, 6) is 0.726. The molecule has 1 N–H and O–H groups in total. The van der Waals surface area contributed by atoms with Gasteiger partial charge in [-0.1, -0.05) is 30.3 Å². The van der Waals surface area contributed by atoms with Gasteiger partial charge in [0.1, 0.15) is 11.8 Å². The molecule has 0 bridgehead atoms.